The molecule has 0 saturated carbocycles. The van der Waals surface area contributed by atoms with Crippen LogP contribution in [0, 0.1) is 11.3 Å². The van der Waals surface area contributed by atoms with Gasteiger partial charge in [-0.3, -0.25) is 0 Å². The Balaban J connectivity index is 2.70. The standard InChI is InChI=1S/C11H10ClNO/c1-14-11-9(6-13)8-4-2-3-7(8)5-10(11)12/h5H,2-4H2,1H3. The molecule has 0 saturated heterocycles. The number of nitriles is 1. The topological polar surface area (TPSA) is 33.0 Å². The van der Waals surface area contributed by atoms with Gasteiger partial charge in [0, 0.05) is 0 Å². The minimum Gasteiger partial charge on any atom is -0.494 e. The van der Waals surface area contributed by atoms with Crippen molar-refractivity contribution in [1.82, 2.24) is 0 Å². The average Bonchev–Trinajstić information content (AvgIpc) is 2.62. The zero-order valence-electron chi connectivity index (χ0n) is 7.93. The Morgan fingerprint density at radius 1 is 1.50 bits per heavy atom. The maximum atomic E-state index is 9.05. The van der Waals surface area contributed by atoms with E-state index in [4.69, 9.17) is 21.6 Å². The van der Waals surface area contributed by atoms with Crippen LogP contribution in [0.5, 0.6) is 5.75 Å². The minimum absolute atomic E-state index is 0.523. The maximum Gasteiger partial charge on any atom is 0.155 e. The van der Waals surface area contributed by atoms with Crippen LogP contribution in [-0.4, -0.2) is 7.11 Å². The van der Waals surface area contributed by atoms with Crippen molar-refractivity contribution in [3.8, 4) is 11.8 Å². The Hall–Kier alpha value is -1.20. The number of nitrogens with zero attached hydrogens (tertiary/aromatic N) is 1. The van der Waals surface area contributed by atoms with Gasteiger partial charge in [0.15, 0.2) is 5.75 Å². The summed E-state index contributed by atoms with van der Waals surface area (Å²) in [4.78, 5) is 0. The molecule has 0 aliphatic heterocycles. The van der Waals surface area contributed by atoms with Gasteiger partial charge < -0.3 is 4.74 Å². The zero-order chi connectivity index (χ0) is 10.1. The highest BCUT2D eigenvalue weighted by molar-refractivity contribution is 6.32. The smallest absolute Gasteiger partial charge is 0.155 e. The zero-order valence-corrected chi connectivity index (χ0v) is 8.69. The molecule has 14 heavy (non-hydrogen) atoms. The summed E-state index contributed by atoms with van der Waals surface area (Å²) in [7, 11) is 1.55. The molecule has 0 fully saturated rings. The summed E-state index contributed by atoms with van der Waals surface area (Å²) in [5.74, 6) is 0.523. The summed E-state index contributed by atoms with van der Waals surface area (Å²) in [5.41, 5.74) is 2.94. The second-order valence-electron chi connectivity index (χ2n) is 3.37. The van der Waals surface area contributed by atoms with Gasteiger partial charge in [0.25, 0.3) is 0 Å². The average molecular weight is 208 g/mol. The van der Waals surface area contributed by atoms with Crippen LogP contribution in [0.3, 0.4) is 0 Å². The lowest BCUT2D eigenvalue weighted by Gasteiger charge is -2.09. The van der Waals surface area contributed by atoms with Crippen LogP contribution in [0.15, 0.2) is 6.07 Å². The third kappa shape index (κ3) is 1.25. The van der Waals surface area contributed by atoms with Crippen LogP contribution in [0.25, 0.3) is 0 Å². The van der Waals surface area contributed by atoms with Crippen LogP contribution in [0.1, 0.15) is 23.1 Å². The Kier molecular flexibility index (Phi) is 2.35. The quantitative estimate of drug-likeness (QED) is 0.710. The molecule has 1 aliphatic carbocycles. The van der Waals surface area contributed by atoms with Gasteiger partial charge in [-0.15, -0.1) is 0 Å². The summed E-state index contributed by atoms with van der Waals surface area (Å²) in [6.07, 6.45) is 3.09. The maximum absolute atomic E-state index is 9.05. The molecule has 0 amide bonds. The molecule has 0 unspecified atom stereocenters. The largest absolute Gasteiger partial charge is 0.494 e. The van der Waals surface area contributed by atoms with Crippen LogP contribution in [-0.2, 0) is 12.8 Å². The summed E-state index contributed by atoms with van der Waals surface area (Å²) in [6.45, 7) is 0. The van der Waals surface area contributed by atoms with Gasteiger partial charge in [0.05, 0.1) is 17.7 Å². The van der Waals surface area contributed by atoms with Gasteiger partial charge in [-0.25, -0.2) is 0 Å². The van der Waals surface area contributed by atoms with Gasteiger partial charge in [0.1, 0.15) is 6.07 Å². The van der Waals surface area contributed by atoms with Crippen molar-refractivity contribution >= 4 is 11.6 Å². The van der Waals surface area contributed by atoms with E-state index in [1.807, 2.05) is 6.07 Å². The lowest BCUT2D eigenvalue weighted by Crippen LogP contribution is -1.95. The number of hydrogen-bond donors (Lipinski definition) is 0. The summed E-state index contributed by atoms with van der Waals surface area (Å²) in [6, 6.07) is 4.10. The van der Waals surface area contributed by atoms with Gasteiger partial charge in [0.2, 0.25) is 0 Å². The van der Waals surface area contributed by atoms with Gasteiger partial charge >= 0.3 is 0 Å². The van der Waals surface area contributed by atoms with Gasteiger partial charge in [-0.2, -0.15) is 5.26 Å². The molecule has 1 aromatic rings. The van der Waals surface area contributed by atoms with Crippen molar-refractivity contribution in [3.63, 3.8) is 0 Å². The van der Waals surface area contributed by atoms with Crippen molar-refractivity contribution in [2.75, 3.05) is 7.11 Å². The minimum atomic E-state index is 0.523. The lowest BCUT2D eigenvalue weighted by molar-refractivity contribution is 0.413. The molecular weight excluding hydrogens is 198 g/mol. The number of fused-ring (bicyclic) bond motifs is 1. The second kappa shape index (κ2) is 3.51. The highest BCUT2D eigenvalue weighted by Crippen LogP contribution is 2.37. The first-order valence-electron chi connectivity index (χ1n) is 4.56. The molecule has 0 bridgehead atoms. The van der Waals surface area contributed by atoms with Crippen molar-refractivity contribution in [2.24, 2.45) is 0 Å². The van der Waals surface area contributed by atoms with E-state index >= 15 is 0 Å². The molecule has 0 aromatic heterocycles. The first-order valence-corrected chi connectivity index (χ1v) is 4.94. The number of halogens is 1. The fourth-order valence-electron chi connectivity index (χ4n) is 2.00. The molecule has 2 nitrogen and oxygen atoms in total. The van der Waals surface area contributed by atoms with Crippen molar-refractivity contribution in [3.05, 3.63) is 27.8 Å². The van der Waals surface area contributed by atoms with Crippen molar-refractivity contribution in [1.29, 1.82) is 5.26 Å². The van der Waals surface area contributed by atoms with Crippen LogP contribution in [0.4, 0.5) is 0 Å². The van der Waals surface area contributed by atoms with Gasteiger partial charge in [-0.1, -0.05) is 11.6 Å². The van der Waals surface area contributed by atoms with Crippen LogP contribution >= 0.6 is 11.6 Å². The van der Waals surface area contributed by atoms with E-state index in [-0.39, 0.29) is 0 Å². The molecule has 1 aliphatic rings. The van der Waals surface area contributed by atoms with Crippen LogP contribution < -0.4 is 4.74 Å². The van der Waals surface area contributed by atoms with E-state index in [0.717, 1.165) is 24.8 Å². The molecule has 0 N–H and O–H groups in total. The first kappa shape index (κ1) is 9.36. The first-order chi connectivity index (χ1) is 6.77. The van der Waals surface area contributed by atoms with Gasteiger partial charge in [-0.05, 0) is 36.5 Å². The SMILES string of the molecule is COc1c(Cl)cc2c(c1C#N)CCC2. The second-order valence-corrected chi connectivity index (χ2v) is 3.78. The van der Waals surface area contributed by atoms with E-state index in [9.17, 15) is 0 Å². The molecule has 0 atom stereocenters. The summed E-state index contributed by atoms with van der Waals surface area (Å²) < 4.78 is 5.14. The van der Waals surface area contributed by atoms with E-state index in [0.29, 0.717) is 16.3 Å². The van der Waals surface area contributed by atoms with E-state index in [2.05, 4.69) is 6.07 Å². The third-order valence-corrected chi connectivity index (χ3v) is 2.90. The molecule has 0 radical (unpaired) electrons. The predicted octanol–water partition coefficient (Wildman–Crippen LogP) is 2.71. The molecule has 1 aromatic carbocycles. The number of ether oxygens (including phenoxy) is 1. The summed E-state index contributed by atoms with van der Waals surface area (Å²) >= 11 is 6.02. The van der Waals surface area contributed by atoms with E-state index in [1.165, 1.54) is 5.56 Å². The van der Waals surface area contributed by atoms with E-state index < -0.39 is 0 Å². The third-order valence-electron chi connectivity index (χ3n) is 2.62. The fourth-order valence-corrected chi connectivity index (χ4v) is 2.31. The Bertz CT molecular complexity index is 417. The number of hydrogen-bond acceptors (Lipinski definition) is 2. The number of benzene rings is 1. The molecule has 0 heterocycles. The summed E-state index contributed by atoms with van der Waals surface area (Å²) in [5, 5.41) is 9.60. The fraction of sp³-hybridized carbons (Fsp3) is 0.364. The highest BCUT2D eigenvalue weighted by atomic mass is 35.5. The monoisotopic (exact) mass is 207 g/mol. The lowest BCUT2D eigenvalue weighted by atomic mass is 10.0. The number of methoxy groups -OCH3 is 1. The van der Waals surface area contributed by atoms with Crippen molar-refractivity contribution in [2.45, 2.75) is 19.3 Å². The molecule has 0 spiro atoms. The highest BCUT2D eigenvalue weighted by Gasteiger charge is 2.21. The predicted molar refractivity (Wildman–Crippen MR) is 54.7 cm³/mol. The molecular formula is C11H10ClNO. The molecule has 3 heteroatoms. The Labute approximate surface area is 88.1 Å². The normalized spacial score (nSPS) is 13.5. The molecule has 72 valence electrons. The Morgan fingerprint density at radius 3 is 2.93 bits per heavy atom. The Morgan fingerprint density at radius 2 is 2.29 bits per heavy atom. The molecule has 2 rings (SSSR count). The number of aryl methyl sites for hydroxylation is 1. The number of rotatable bonds is 1. The van der Waals surface area contributed by atoms with Crippen molar-refractivity contribution < 1.29 is 4.74 Å². The van der Waals surface area contributed by atoms with E-state index in [1.54, 1.807) is 7.11 Å². The van der Waals surface area contributed by atoms with Crippen LogP contribution in [0.2, 0.25) is 5.02 Å².